The molecule has 30 heavy (non-hydrogen) atoms. The highest BCUT2D eigenvalue weighted by atomic mass is 19.3. The maximum Gasteiger partial charge on any atom is 0.387 e. The molecule has 0 spiro atoms. The summed E-state index contributed by atoms with van der Waals surface area (Å²) in [5.41, 5.74) is 1.50. The molecule has 0 aliphatic carbocycles. The van der Waals surface area contributed by atoms with Gasteiger partial charge in [0.25, 0.3) is 0 Å². The lowest BCUT2D eigenvalue weighted by atomic mass is 10.0. The third-order valence-electron chi connectivity index (χ3n) is 4.89. The lowest BCUT2D eigenvalue weighted by Crippen LogP contribution is -2.46. The van der Waals surface area contributed by atoms with Gasteiger partial charge in [0.05, 0.1) is 13.0 Å². The SMILES string of the molecule is O=C(CN1CCC(NC(=O)Cc2ccc(OC(F)F)cc2)CC1)Nc1ccccc1. The van der Waals surface area contributed by atoms with E-state index in [-0.39, 0.29) is 30.0 Å². The summed E-state index contributed by atoms with van der Waals surface area (Å²) >= 11 is 0. The van der Waals surface area contributed by atoms with Crippen LogP contribution >= 0.6 is 0 Å². The number of anilines is 1. The number of halogens is 2. The summed E-state index contributed by atoms with van der Waals surface area (Å²) < 4.78 is 28.6. The van der Waals surface area contributed by atoms with E-state index in [0.29, 0.717) is 6.54 Å². The van der Waals surface area contributed by atoms with Crippen LogP contribution in [0.5, 0.6) is 5.75 Å². The molecule has 1 aliphatic heterocycles. The number of benzene rings is 2. The van der Waals surface area contributed by atoms with Gasteiger partial charge in [0.15, 0.2) is 0 Å². The number of ether oxygens (including phenoxy) is 1. The van der Waals surface area contributed by atoms with Gasteiger partial charge < -0.3 is 15.4 Å². The first kappa shape index (κ1) is 21.7. The van der Waals surface area contributed by atoms with Crippen LogP contribution in [-0.4, -0.2) is 49.0 Å². The molecule has 6 nitrogen and oxygen atoms in total. The van der Waals surface area contributed by atoms with Crippen LogP contribution < -0.4 is 15.4 Å². The number of nitrogens with zero attached hydrogens (tertiary/aromatic N) is 1. The zero-order chi connectivity index (χ0) is 21.3. The molecular weight excluding hydrogens is 392 g/mol. The fraction of sp³-hybridized carbons (Fsp3) is 0.364. The maximum absolute atomic E-state index is 12.3. The average Bonchev–Trinajstić information content (AvgIpc) is 2.71. The summed E-state index contributed by atoms with van der Waals surface area (Å²) in [6.07, 6.45) is 1.71. The second-order valence-corrected chi connectivity index (χ2v) is 7.23. The Morgan fingerprint density at radius 3 is 2.30 bits per heavy atom. The second-order valence-electron chi connectivity index (χ2n) is 7.23. The van der Waals surface area contributed by atoms with Crippen LogP contribution in [0.15, 0.2) is 54.6 Å². The van der Waals surface area contributed by atoms with Crippen LogP contribution in [0, 0.1) is 0 Å². The van der Waals surface area contributed by atoms with Crippen LogP contribution in [0.2, 0.25) is 0 Å². The first-order valence-corrected chi connectivity index (χ1v) is 9.88. The number of hydrogen-bond donors (Lipinski definition) is 2. The van der Waals surface area contributed by atoms with E-state index >= 15 is 0 Å². The first-order valence-electron chi connectivity index (χ1n) is 9.88. The molecule has 1 fully saturated rings. The molecule has 2 amide bonds. The lowest BCUT2D eigenvalue weighted by Gasteiger charge is -2.31. The van der Waals surface area contributed by atoms with Crippen molar-refractivity contribution in [2.75, 3.05) is 25.0 Å². The number of likely N-dealkylation sites (tertiary alicyclic amines) is 1. The Morgan fingerprint density at radius 2 is 1.67 bits per heavy atom. The van der Waals surface area contributed by atoms with Crippen molar-refractivity contribution in [3.05, 3.63) is 60.2 Å². The maximum atomic E-state index is 12.3. The fourth-order valence-electron chi connectivity index (χ4n) is 3.41. The van der Waals surface area contributed by atoms with Crippen molar-refractivity contribution >= 4 is 17.5 Å². The molecule has 0 unspecified atom stereocenters. The van der Waals surface area contributed by atoms with Gasteiger partial charge in [-0.15, -0.1) is 0 Å². The molecule has 2 aromatic rings. The topological polar surface area (TPSA) is 70.7 Å². The van der Waals surface area contributed by atoms with Crippen molar-refractivity contribution in [1.29, 1.82) is 0 Å². The number of amides is 2. The van der Waals surface area contributed by atoms with E-state index < -0.39 is 6.61 Å². The number of carbonyl (C=O) groups excluding carboxylic acids is 2. The molecule has 0 aromatic heterocycles. The van der Waals surface area contributed by atoms with Crippen LogP contribution in [0.4, 0.5) is 14.5 Å². The second kappa shape index (κ2) is 10.7. The van der Waals surface area contributed by atoms with Gasteiger partial charge in [0, 0.05) is 24.8 Å². The Kier molecular flexibility index (Phi) is 7.73. The molecule has 2 aromatic carbocycles. The Bertz CT molecular complexity index is 823. The van der Waals surface area contributed by atoms with Gasteiger partial charge in [-0.3, -0.25) is 14.5 Å². The Morgan fingerprint density at radius 1 is 1.00 bits per heavy atom. The molecular formula is C22H25F2N3O3. The largest absolute Gasteiger partial charge is 0.435 e. The molecule has 0 radical (unpaired) electrons. The summed E-state index contributed by atoms with van der Waals surface area (Å²) in [5.74, 6) is -0.0985. The molecule has 1 saturated heterocycles. The normalized spacial score (nSPS) is 15.0. The quantitative estimate of drug-likeness (QED) is 0.693. The number of para-hydroxylation sites is 1. The molecule has 160 valence electrons. The third-order valence-corrected chi connectivity index (χ3v) is 4.89. The van der Waals surface area contributed by atoms with Crippen molar-refractivity contribution in [2.45, 2.75) is 31.9 Å². The highest BCUT2D eigenvalue weighted by Crippen LogP contribution is 2.16. The van der Waals surface area contributed by atoms with Crippen LogP contribution in [0.1, 0.15) is 18.4 Å². The van der Waals surface area contributed by atoms with Crippen molar-refractivity contribution in [3.63, 3.8) is 0 Å². The van der Waals surface area contributed by atoms with Gasteiger partial charge in [-0.25, -0.2) is 0 Å². The van der Waals surface area contributed by atoms with E-state index in [4.69, 9.17) is 0 Å². The van der Waals surface area contributed by atoms with Crippen molar-refractivity contribution in [1.82, 2.24) is 10.2 Å². The Balaban J connectivity index is 1.36. The van der Waals surface area contributed by atoms with Crippen molar-refractivity contribution in [3.8, 4) is 5.75 Å². The average molecular weight is 417 g/mol. The van der Waals surface area contributed by atoms with Gasteiger partial charge in [-0.1, -0.05) is 30.3 Å². The van der Waals surface area contributed by atoms with Gasteiger partial charge in [0.2, 0.25) is 11.8 Å². The molecule has 0 bridgehead atoms. The van der Waals surface area contributed by atoms with Crippen LogP contribution in [0.25, 0.3) is 0 Å². The smallest absolute Gasteiger partial charge is 0.387 e. The van der Waals surface area contributed by atoms with Crippen LogP contribution in [-0.2, 0) is 16.0 Å². The fourth-order valence-corrected chi connectivity index (χ4v) is 3.41. The number of rotatable bonds is 8. The Labute approximate surface area is 174 Å². The van der Waals surface area contributed by atoms with E-state index in [1.165, 1.54) is 12.1 Å². The molecule has 0 saturated carbocycles. The molecule has 2 N–H and O–H groups in total. The third kappa shape index (κ3) is 7.11. The van der Waals surface area contributed by atoms with E-state index in [0.717, 1.165) is 37.2 Å². The highest BCUT2D eigenvalue weighted by Gasteiger charge is 2.22. The summed E-state index contributed by atoms with van der Waals surface area (Å²) in [4.78, 5) is 26.5. The minimum atomic E-state index is -2.87. The summed E-state index contributed by atoms with van der Waals surface area (Å²) in [6.45, 7) is -1.09. The summed E-state index contributed by atoms with van der Waals surface area (Å²) in [6, 6.07) is 15.4. The first-order chi connectivity index (χ1) is 14.5. The monoisotopic (exact) mass is 417 g/mol. The molecule has 3 rings (SSSR count). The number of hydrogen-bond acceptors (Lipinski definition) is 4. The van der Waals surface area contributed by atoms with Crippen molar-refractivity contribution < 1.29 is 23.1 Å². The summed E-state index contributed by atoms with van der Waals surface area (Å²) in [7, 11) is 0. The highest BCUT2D eigenvalue weighted by molar-refractivity contribution is 5.92. The standard InChI is InChI=1S/C22H25F2N3O3/c23-22(24)30-19-8-6-16(7-9-19)14-20(28)25-18-10-12-27(13-11-18)15-21(29)26-17-4-2-1-3-5-17/h1-9,18,22H,10-15H2,(H,25,28)(H,26,29). The minimum Gasteiger partial charge on any atom is -0.435 e. The molecule has 0 atom stereocenters. The lowest BCUT2D eigenvalue weighted by molar-refractivity contribution is -0.122. The zero-order valence-electron chi connectivity index (χ0n) is 16.5. The summed E-state index contributed by atoms with van der Waals surface area (Å²) in [5, 5.41) is 5.88. The molecule has 1 heterocycles. The number of piperidine rings is 1. The van der Waals surface area contributed by atoms with Crippen LogP contribution in [0.3, 0.4) is 0 Å². The van der Waals surface area contributed by atoms with Gasteiger partial charge >= 0.3 is 6.61 Å². The van der Waals surface area contributed by atoms with Gasteiger partial charge in [-0.05, 0) is 42.7 Å². The Hall–Kier alpha value is -3.00. The predicted octanol–water partition coefficient (Wildman–Crippen LogP) is 3.05. The van der Waals surface area contributed by atoms with Gasteiger partial charge in [0.1, 0.15) is 5.75 Å². The molecule has 8 heteroatoms. The zero-order valence-corrected chi connectivity index (χ0v) is 16.5. The van der Waals surface area contributed by atoms with Crippen molar-refractivity contribution in [2.24, 2.45) is 0 Å². The molecule has 1 aliphatic rings. The predicted molar refractivity (Wildman–Crippen MR) is 109 cm³/mol. The number of alkyl halides is 2. The van der Waals surface area contributed by atoms with Gasteiger partial charge in [-0.2, -0.15) is 8.78 Å². The number of nitrogens with one attached hydrogen (secondary N) is 2. The van der Waals surface area contributed by atoms with E-state index in [1.807, 2.05) is 30.3 Å². The number of carbonyl (C=O) groups is 2. The van der Waals surface area contributed by atoms with E-state index in [1.54, 1.807) is 12.1 Å². The van der Waals surface area contributed by atoms with E-state index in [9.17, 15) is 18.4 Å². The van der Waals surface area contributed by atoms with E-state index in [2.05, 4.69) is 20.3 Å². The minimum absolute atomic E-state index is 0.0528.